The fourth-order valence-electron chi connectivity index (χ4n) is 3.87. The SMILES string of the molecule is CCCCOC(=O)c1cc(NC(=O)CN2C(=O)S/C(=C\c3ccc(OS(=O)(=O)c4ccccc4)c(OC)c3)C2=O)ccc1Cl. The minimum atomic E-state index is -4.12. The highest BCUT2D eigenvalue weighted by Crippen LogP contribution is 2.35. The topological polar surface area (TPSA) is 145 Å². The van der Waals surface area contributed by atoms with Gasteiger partial charge in [0.2, 0.25) is 5.91 Å². The number of anilines is 1. The molecule has 0 radical (unpaired) electrons. The number of imide groups is 1. The molecule has 3 amide bonds. The second kappa shape index (κ2) is 14.4. The molecule has 1 N–H and O–H groups in total. The average Bonchev–Trinajstić information content (AvgIpc) is 3.26. The van der Waals surface area contributed by atoms with Crippen LogP contribution in [0.2, 0.25) is 5.02 Å². The van der Waals surface area contributed by atoms with E-state index in [9.17, 15) is 27.6 Å². The molecule has 230 valence electrons. The van der Waals surface area contributed by atoms with Crippen molar-refractivity contribution in [1.29, 1.82) is 0 Å². The van der Waals surface area contributed by atoms with Gasteiger partial charge >= 0.3 is 16.1 Å². The molecule has 1 aliphatic heterocycles. The molecule has 3 aromatic rings. The number of benzene rings is 3. The number of hydrogen-bond acceptors (Lipinski definition) is 10. The maximum atomic E-state index is 13.0. The number of hydrogen-bond donors (Lipinski definition) is 1. The number of unbranched alkanes of at least 4 members (excludes halogenated alkanes) is 1. The fourth-order valence-corrected chi connectivity index (χ4v) is 5.87. The predicted molar refractivity (Wildman–Crippen MR) is 165 cm³/mol. The third-order valence-corrected chi connectivity index (χ3v) is 8.58. The van der Waals surface area contributed by atoms with Crippen molar-refractivity contribution in [2.24, 2.45) is 0 Å². The van der Waals surface area contributed by atoms with Crippen LogP contribution in [0, 0.1) is 0 Å². The summed E-state index contributed by atoms with van der Waals surface area (Å²) in [5, 5.41) is 2.05. The molecule has 1 aliphatic rings. The summed E-state index contributed by atoms with van der Waals surface area (Å²) in [6.45, 7) is 1.61. The van der Waals surface area contributed by atoms with Crippen molar-refractivity contribution in [3.05, 3.63) is 87.8 Å². The first-order valence-corrected chi connectivity index (χ1v) is 15.8. The largest absolute Gasteiger partial charge is 0.493 e. The Hall–Kier alpha value is -4.33. The molecule has 0 atom stereocenters. The summed E-state index contributed by atoms with van der Waals surface area (Å²) in [5.74, 6) is -2.00. The Morgan fingerprint density at radius 2 is 1.77 bits per heavy atom. The summed E-state index contributed by atoms with van der Waals surface area (Å²) in [7, 11) is -2.80. The Morgan fingerprint density at radius 1 is 1.02 bits per heavy atom. The van der Waals surface area contributed by atoms with Crippen molar-refractivity contribution in [2.45, 2.75) is 24.7 Å². The molecule has 0 aromatic heterocycles. The smallest absolute Gasteiger partial charge is 0.339 e. The van der Waals surface area contributed by atoms with Crippen LogP contribution in [-0.4, -0.2) is 56.6 Å². The molecule has 3 aromatic carbocycles. The lowest BCUT2D eigenvalue weighted by Crippen LogP contribution is -2.36. The molecule has 0 aliphatic carbocycles. The first-order valence-electron chi connectivity index (χ1n) is 13.2. The van der Waals surface area contributed by atoms with E-state index in [1.165, 1.54) is 61.7 Å². The molecule has 14 heteroatoms. The van der Waals surface area contributed by atoms with Gasteiger partial charge in [-0.05, 0) is 72.3 Å². The fraction of sp³-hybridized carbons (Fsp3) is 0.200. The average molecular weight is 659 g/mol. The van der Waals surface area contributed by atoms with E-state index in [0.717, 1.165) is 11.3 Å². The van der Waals surface area contributed by atoms with E-state index in [2.05, 4.69) is 5.32 Å². The number of carbonyl (C=O) groups excluding carboxylic acids is 4. The molecule has 44 heavy (non-hydrogen) atoms. The van der Waals surface area contributed by atoms with Gasteiger partial charge in [0.05, 0.1) is 29.2 Å². The monoisotopic (exact) mass is 658 g/mol. The van der Waals surface area contributed by atoms with Gasteiger partial charge in [-0.2, -0.15) is 8.42 Å². The molecule has 0 unspecified atom stereocenters. The number of ether oxygens (including phenoxy) is 2. The minimum Gasteiger partial charge on any atom is -0.493 e. The Balaban J connectivity index is 1.43. The molecule has 1 heterocycles. The maximum Gasteiger partial charge on any atom is 0.339 e. The first-order chi connectivity index (χ1) is 21.0. The molecule has 4 rings (SSSR count). The number of esters is 1. The summed E-state index contributed by atoms with van der Waals surface area (Å²) in [6, 6.07) is 16.1. The van der Waals surface area contributed by atoms with Crippen molar-refractivity contribution >= 4 is 68.3 Å². The van der Waals surface area contributed by atoms with Gasteiger partial charge in [-0.1, -0.05) is 49.2 Å². The van der Waals surface area contributed by atoms with E-state index in [4.69, 9.17) is 25.3 Å². The van der Waals surface area contributed by atoms with E-state index >= 15 is 0 Å². The highest BCUT2D eigenvalue weighted by Gasteiger charge is 2.36. The summed E-state index contributed by atoms with van der Waals surface area (Å²) in [5.41, 5.74) is 0.716. The predicted octanol–water partition coefficient (Wildman–Crippen LogP) is 5.75. The van der Waals surface area contributed by atoms with Crippen LogP contribution in [0.15, 0.2) is 76.5 Å². The minimum absolute atomic E-state index is 0.0368. The molecule has 1 fully saturated rings. The zero-order valence-electron chi connectivity index (χ0n) is 23.6. The van der Waals surface area contributed by atoms with E-state index < -0.39 is 39.7 Å². The van der Waals surface area contributed by atoms with Gasteiger partial charge in [0, 0.05) is 5.69 Å². The molecule has 0 saturated carbocycles. The van der Waals surface area contributed by atoms with Crippen LogP contribution in [0.1, 0.15) is 35.7 Å². The number of methoxy groups -OCH3 is 1. The van der Waals surface area contributed by atoms with Crippen LogP contribution in [0.5, 0.6) is 11.5 Å². The second-order valence-electron chi connectivity index (χ2n) is 9.26. The van der Waals surface area contributed by atoms with Crippen LogP contribution in [-0.2, 0) is 24.4 Å². The van der Waals surface area contributed by atoms with Crippen LogP contribution in [0.25, 0.3) is 6.08 Å². The van der Waals surface area contributed by atoms with Gasteiger partial charge in [0.15, 0.2) is 11.5 Å². The molecule has 0 spiro atoms. The van der Waals surface area contributed by atoms with Gasteiger partial charge in [0.25, 0.3) is 11.1 Å². The number of rotatable bonds is 12. The van der Waals surface area contributed by atoms with Crippen molar-refractivity contribution in [3.63, 3.8) is 0 Å². The van der Waals surface area contributed by atoms with Crippen LogP contribution in [0.3, 0.4) is 0 Å². The van der Waals surface area contributed by atoms with E-state index in [-0.39, 0.29) is 44.2 Å². The highest BCUT2D eigenvalue weighted by atomic mass is 35.5. The van der Waals surface area contributed by atoms with Crippen molar-refractivity contribution in [3.8, 4) is 11.5 Å². The van der Waals surface area contributed by atoms with Crippen molar-refractivity contribution < 1.29 is 41.3 Å². The van der Waals surface area contributed by atoms with Crippen LogP contribution < -0.4 is 14.2 Å². The molecular weight excluding hydrogens is 632 g/mol. The third-order valence-electron chi connectivity index (χ3n) is 6.09. The lowest BCUT2D eigenvalue weighted by atomic mass is 10.2. The molecule has 1 saturated heterocycles. The Morgan fingerprint density at radius 3 is 2.48 bits per heavy atom. The summed E-state index contributed by atoms with van der Waals surface area (Å²) >= 11 is 6.76. The number of nitrogens with one attached hydrogen (secondary N) is 1. The van der Waals surface area contributed by atoms with E-state index in [0.29, 0.717) is 23.7 Å². The summed E-state index contributed by atoms with van der Waals surface area (Å²) < 4.78 is 41.0. The molecule has 0 bridgehead atoms. The maximum absolute atomic E-state index is 13.0. The van der Waals surface area contributed by atoms with Crippen LogP contribution in [0.4, 0.5) is 10.5 Å². The van der Waals surface area contributed by atoms with Crippen molar-refractivity contribution in [2.75, 3.05) is 25.6 Å². The lowest BCUT2D eigenvalue weighted by molar-refractivity contribution is -0.127. The zero-order valence-corrected chi connectivity index (χ0v) is 26.0. The number of amides is 3. The molecular formula is C30H27ClN2O9S2. The van der Waals surface area contributed by atoms with Gasteiger partial charge in [-0.15, -0.1) is 0 Å². The summed E-state index contributed by atoms with van der Waals surface area (Å²) in [4.78, 5) is 51.5. The summed E-state index contributed by atoms with van der Waals surface area (Å²) in [6.07, 6.45) is 2.95. The lowest BCUT2D eigenvalue weighted by Gasteiger charge is -2.13. The normalized spacial score (nSPS) is 14.1. The first kappa shape index (κ1) is 32.6. The van der Waals surface area contributed by atoms with Gasteiger partial charge in [-0.3, -0.25) is 19.3 Å². The van der Waals surface area contributed by atoms with E-state index in [1.807, 2.05) is 6.92 Å². The van der Waals surface area contributed by atoms with E-state index in [1.54, 1.807) is 18.2 Å². The highest BCUT2D eigenvalue weighted by molar-refractivity contribution is 8.18. The number of carbonyl (C=O) groups is 4. The number of nitrogens with zero attached hydrogens (tertiary/aromatic N) is 1. The van der Waals surface area contributed by atoms with Crippen molar-refractivity contribution in [1.82, 2.24) is 4.90 Å². The Labute approximate surface area is 263 Å². The molecule has 11 nitrogen and oxygen atoms in total. The number of thioether (sulfide) groups is 1. The quantitative estimate of drug-likeness (QED) is 0.110. The van der Waals surface area contributed by atoms with Gasteiger partial charge in [-0.25, -0.2) is 4.79 Å². The zero-order chi connectivity index (χ0) is 31.9. The second-order valence-corrected chi connectivity index (χ2v) is 12.2. The van der Waals surface area contributed by atoms with Gasteiger partial charge in [0.1, 0.15) is 11.4 Å². The van der Waals surface area contributed by atoms with Crippen LogP contribution >= 0.6 is 23.4 Å². The third kappa shape index (κ3) is 7.98. The van der Waals surface area contributed by atoms with Gasteiger partial charge < -0.3 is 19.0 Å². The Kier molecular flexibility index (Phi) is 10.7. The Bertz CT molecular complexity index is 1730. The standard InChI is InChI=1S/C30H27ClN2O9S2/c1-3-4-14-41-29(36)22-17-20(11-12-23(22)31)32-27(34)18-33-28(35)26(43-30(33)37)16-19-10-13-24(25(15-19)40-2)42-44(38,39)21-8-6-5-7-9-21/h5-13,15-17H,3-4,14,18H2,1-2H3,(H,32,34)/b26-16-. The number of halogens is 1.